The van der Waals surface area contributed by atoms with Crippen LogP contribution in [0.15, 0.2) is 18.2 Å². The van der Waals surface area contributed by atoms with Gasteiger partial charge in [-0.15, -0.1) is 0 Å². The van der Waals surface area contributed by atoms with E-state index in [1.165, 1.54) is 0 Å². The highest BCUT2D eigenvalue weighted by Crippen LogP contribution is 2.32. The van der Waals surface area contributed by atoms with Gasteiger partial charge in [-0.3, -0.25) is 9.69 Å². The minimum atomic E-state index is -0.0713. The summed E-state index contributed by atoms with van der Waals surface area (Å²) in [6, 6.07) is 5.54. The molecule has 154 valence electrons. The van der Waals surface area contributed by atoms with Crippen molar-refractivity contribution in [3.63, 3.8) is 0 Å². The normalized spacial score (nSPS) is 17.0. The van der Waals surface area contributed by atoms with E-state index in [4.69, 9.17) is 9.47 Å². The van der Waals surface area contributed by atoms with Crippen LogP contribution in [0.3, 0.4) is 0 Å². The van der Waals surface area contributed by atoms with Crippen LogP contribution in [0, 0.1) is 0 Å². The summed E-state index contributed by atoms with van der Waals surface area (Å²) >= 11 is 0. The molecule has 0 unspecified atom stereocenters. The Bertz CT molecular complexity index is 685. The molecule has 1 saturated heterocycles. The molecule has 3 rings (SSSR count). The maximum absolute atomic E-state index is 12.4. The van der Waals surface area contributed by atoms with Crippen LogP contribution < -0.4 is 14.8 Å². The second-order valence-electron chi connectivity index (χ2n) is 6.98. The zero-order valence-electron chi connectivity index (χ0n) is 16.8. The molecule has 2 heterocycles. The van der Waals surface area contributed by atoms with E-state index in [0.717, 1.165) is 6.42 Å². The fourth-order valence-electron chi connectivity index (χ4n) is 3.44. The SMILES string of the molecule is CCN(CC)C(=O)N1CCN(CC(=O)Nc2ccc3c(c2)OCCCO3)CC1. The number of carbonyl (C=O) groups excluding carboxylic acids is 2. The van der Waals surface area contributed by atoms with Crippen molar-refractivity contribution in [1.29, 1.82) is 0 Å². The Morgan fingerprint density at radius 2 is 1.71 bits per heavy atom. The molecular formula is C20H30N4O4. The van der Waals surface area contributed by atoms with Crippen LogP contribution in [0.4, 0.5) is 10.5 Å². The molecule has 2 aliphatic heterocycles. The van der Waals surface area contributed by atoms with Gasteiger partial charge in [-0.25, -0.2) is 4.79 Å². The van der Waals surface area contributed by atoms with Gasteiger partial charge in [0.15, 0.2) is 11.5 Å². The third-order valence-corrected chi connectivity index (χ3v) is 5.08. The van der Waals surface area contributed by atoms with E-state index in [9.17, 15) is 9.59 Å². The lowest BCUT2D eigenvalue weighted by molar-refractivity contribution is -0.117. The van der Waals surface area contributed by atoms with Gasteiger partial charge in [-0.2, -0.15) is 0 Å². The van der Waals surface area contributed by atoms with E-state index in [2.05, 4.69) is 10.2 Å². The lowest BCUT2D eigenvalue weighted by Gasteiger charge is -2.36. The van der Waals surface area contributed by atoms with Gasteiger partial charge in [0.2, 0.25) is 5.91 Å². The summed E-state index contributed by atoms with van der Waals surface area (Å²) in [6.45, 7) is 9.65. The number of hydrogen-bond donors (Lipinski definition) is 1. The first-order chi connectivity index (χ1) is 13.6. The molecule has 2 aliphatic rings. The average Bonchev–Trinajstić information content (AvgIpc) is 2.94. The van der Waals surface area contributed by atoms with Crippen molar-refractivity contribution in [2.75, 3.05) is 64.3 Å². The number of amides is 3. The molecule has 0 radical (unpaired) electrons. The number of piperazine rings is 1. The zero-order valence-corrected chi connectivity index (χ0v) is 16.8. The highest BCUT2D eigenvalue weighted by Gasteiger charge is 2.25. The number of nitrogens with zero attached hydrogens (tertiary/aromatic N) is 3. The van der Waals surface area contributed by atoms with Crippen molar-refractivity contribution in [1.82, 2.24) is 14.7 Å². The topological polar surface area (TPSA) is 74.4 Å². The third-order valence-electron chi connectivity index (χ3n) is 5.08. The van der Waals surface area contributed by atoms with Crippen LogP contribution in [0.5, 0.6) is 11.5 Å². The number of urea groups is 1. The Kier molecular flexibility index (Phi) is 6.97. The number of hydrogen-bond acceptors (Lipinski definition) is 5. The fourth-order valence-corrected chi connectivity index (χ4v) is 3.44. The van der Waals surface area contributed by atoms with Gasteiger partial charge >= 0.3 is 6.03 Å². The van der Waals surface area contributed by atoms with Gasteiger partial charge in [0.05, 0.1) is 19.8 Å². The highest BCUT2D eigenvalue weighted by atomic mass is 16.5. The first-order valence-electron chi connectivity index (χ1n) is 10.1. The molecule has 1 N–H and O–H groups in total. The molecule has 8 heteroatoms. The molecule has 0 saturated carbocycles. The fraction of sp³-hybridized carbons (Fsp3) is 0.600. The lowest BCUT2D eigenvalue weighted by Crippen LogP contribution is -2.53. The average molecular weight is 390 g/mol. The predicted octanol–water partition coefficient (Wildman–Crippen LogP) is 1.87. The summed E-state index contributed by atoms with van der Waals surface area (Å²) in [5, 5.41) is 2.93. The Hall–Kier alpha value is -2.48. The van der Waals surface area contributed by atoms with Gasteiger partial charge in [-0.05, 0) is 26.0 Å². The van der Waals surface area contributed by atoms with Crippen LogP contribution in [0.1, 0.15) is 20.3 Å². The summed E-state index contributed by atoms with van der Waals surface area (Å²) in [5.41, 5.74) is 0.699. The summed E-state index contributed by atoms with van der Waals surface area (Å²) < 4.78 is 11.3. The first-order valence-corrected chi connectivity index (χ1v) is 10.1. The van der Waals surface area contributed by atoms with Crippen molar-refractivity contribution in [3.8, 4) is 11.5 Å². The van der Waals surface area contributed by atoms with E-state index in [1.54, 1.807) is 6.07 Å². The minimum absolute atomic E-state index is 0.0713. The van der Waals surface area contributed by atoms with E-state index in [-0.39, 0.29) is 11.9 Å². The standard InChI is InChI=1S/C20H30N4O4/c1-3-23(4-2)20(26)24-10-8-22(9-11-24)15-19(25)21-16-6-7-17-18(14-16)28-13-5-12-27-17/h6-7,14H,3-5,8-13,15H2,1-2H3,(H,21,25). The van der Waals surface area contributed by atoms with Gasteiger partial charge in [0.25, 0.3) is 0 Å². The van der Waals surface area contributed by atoms with Crippen LogP contribution in [-0.2, 0) is 4.79 Å². The third kappa shape index (κ3) is 5.07. The highest BCUT2D eigenvalue weighted by molar-refractivity contribution is 5.92. The van der Waals surface area contributed by atoms with Crippen LogP contribution in [-0.4, -0.2) is 85.7 Å². The van der Waals surface area contributed by atoms with Gasteiger partial charge in [-0.1, -0.05) is 0 Å². The summed E-state index contributed by atoms with van der Waals surface area (Å²) in [5.74, 6) is 1.31. The second-order valence-corrected chi connectivity index (χ2v) is 6.98. The molecule has 1 fully saturated rings. The maximum atomic E-state index is 12.4. The maximum Gasteiger partial charge on any atom is 0.320 e. The Balaban J connectivity index is 1.47. The number of fused-ring (bicyclic) bond motifs is 1. The number of nitrogens with one attached hydrogen (secondary N) is 1. The van der Waals surface area contributed by atoms with Gasteiger partial charge in [0.1, 0.15) is 0 Å². The smallest absolute Gasteiger partial charge is 0.320 e. The number of anilines is 1. The Labute approximate surface area is 166 Å². The molecule has 0 atom stereocenters. The van der Waals surface area contributed by atoms with E-state index < -0.39 is 0 Å². The molecule has 28 heavy (non-hydrogen) atoms. The number of carbonyl (C=O) groups is 2. The molecule has 0 aliphatic carbocycles. The number of ether oxygens (including phenoxy) is 2. The van der Waals surface area contributed by atoms with Crippen molar-refractivity contribution in [2.24, 2.45) is 0 Å². The molecule has 0 spiro atoms. The molecule has 3 amide bonds. The second kappa shape index (κ2) is 9.64. The van der Waals surface area contributed by atoms with Crippen LogP contribution >= 0.6 is 0 Å². The van der Waals surface area contributed by atoms with Crippen molar-refractivity contribution < 1.29 is 19.1 Å². The Morgan fingerprint density at radius 1 is 1.04 bits per heavy atom. The predicted molar refractivity (Wildman–Crippen MR) is 107 cm³/mol. The molecule has 8 nitrogen and oxygen atoms in total. The number of rotatable bonds is 5. The molecule has 1 aromatic carbocycles. The van der Waals surface area contributed by atoms with Crippen molar-refractivity contribution in [3.05, 3.63) is 18.2 Å². The zero-order chi connectivity index (χ0) is 19.9. The molecule has 1 aromatic rings. The summed E-state index contributed by atoms with van der Waals surface area (Å²) in [4.78, 5) is 30.6. The van der Waals surface area contributed by atoms with Crippen molar-refractivity contribution >= 4 is 17.6 Å². The Morgan fingerprint density at radius 3 is 2.39 bits per heavy atom. The summed E-state index contributed by atoms with van der Waals surface area (Å²) in [7, 11) is 0. The summed E-state index contributed by atoms with van der Waals surface area (Å²) in [6.07, 6.45) is 0.846. The van der Waals surface area contributed by atoms with E-state index >= 15 is 0 Å². The van der Waals surface area contributed by atoms with E-state index in [1.807, 2.05) is 35.8 Å². The largest absolute Gasteiger partial charge is 0.490 e. The van der Waals surface area contributed by atoms with Crippen molar-refractivity contribution in [2.45, 2.75) is 20.3 Å². The van der Waals surface area contributed by atoms with Crippen LogP contribution in [0.25, 0.3) is 0 Å². The molecule has 0 bridgehead atoms. The molecule has 0 aromatic heterocycles. The molecular weight excluding hydrogens is 360 g/mol. The monoisotopic (exact) mass is 390 g/mol. The lowest BCUT2D eigenvalue weighted by atomic mass is 10.2. The quantitative estimate of drug-likeness (QED) is 0.831. The van der Waals surface area contributed by atoms with Crippen LogP contribution in [0.2, 0.25) is 0 Å². The minimum Gasteiger partial charge on any atom is -0.490 e. The van der Waals surface area contributed by atoms with E-state index in [0.29, 0.717) is 76.2 Å². The first kappa shape index (κ1) is 20.3. The number of benzene rings is 1. The van der Waals surface area contributed by atoms with Gasteiger partial charge < -0.3 is 24.6 Å². The van der Waals surface area contributed by atoms with Gasteiger partial charge in [0, 0.05) is 57.4 Å².